The van der Waals surface area contributed by atoms with Crippen LogP contribution < -0.4 is 16.0 Å². The number of Topliss-reactive ketones (excluding diaryl/α,β-unsaturated/α-hetero) is 1. The van der Waals surface area contributed by atoms with Gasteiger partial charge < -0.3 is 14.6 Å². The van der Waals surface area contributed by atoms with Gasteiger partial charge in [-0.1, -0.05) is 25.2 Å². The predicted molar refractivity (Wildman–Crippen MR) is 143 cm³/mol. The number of hydrogen-bond donors (Lipinski definition) is 1. The van der Waals surface area contributed by atoms with Crippen molar-refractivity contribution in [2.45, 2.75) is 46.4 Å². The van der Waals surface area contributed by atoms with Crippen molar-refractivity contribution < 1.29 is 23.8 Å². The van der Waals surface area contributed by atoms with E-state index in [-0.39, 0.29) is 49.8 Å². The Hall–Kier alpha value is -3.68. The molecule has 11 nitrogen and oxygen atoms in total. The Morgan fingerprint density at radius 1 is 1.18 bits per heavy atom. The fourth-order valence-electron chi connectivity index (χ4n) is 4.45. The lowest BCUT2D eigenvalue weighted by molar-refractivity contribution is -0.120. The second-order valence-electron chi connectivity index (χ2n) is 9.42. The largest absolute Gasteiger partial charge is 0.496 e. The summed E-state index contributed by atoms with van der Waals surface area (Å²) in [6.45, 7) is 4.54. The maximum Gasteiger partial charge on any atom is 0.332 e. The van der Waals surface area contributed by atoms with E-state index in [4.69, 9.17) is 9.47 Å². The van der Waals surface area contributed by atoms with E-state index in [0.717, 1.165) is 15.9 Å². The number of thiophene rings is 1. The second-order valence-corrected chi connectivity index (χ2v) is 10.4. The second kappa shape index (κ2) is 12.0. The van der Waals surface area contributed by atoms with Crippen LogP contribution in [-0.4, -0.2) is 55.3 Å². The lowest BCUT2D eigenvalue weighted by atomic mass is 10.1. The molecule has 0 bridgehead atoms. The highest BCUT2D eigenvalue weighted by Gasteiger charge is 2.26. The number of ether oxygens (including phenoxy) is 2. The van der Waals surface area contributed by atoms with Gasteiger partial charge in [-0.3, -0.25) is 18.7 Å². The number of methoxy groups -OCH3 is 1. The van der Waals surface area contributed by atoms with Crippen molar-refractivity contribution in [2.24, 2.45) is 5.92 Å². The third-order valence-corrected chi connectivity index (χ3v) is 7.42. The minimum Gasteiger partial charge on any atom is -0.496 e. The van der Waals surface area contributed by atoms with E-state index in [1.54, 1.807) is 6.92 Å². The molecular formula is C26H30FN5O6S. The SMILES string of the molecule is COc1ccc(F)cc1[C@H](Cn1c(=O)n(CC(=O)CC(C)C)c(=O)c2c(C)c(-n3nccn3)sc21)OCCO. The lowest BCUT2D eigenvalue weighted by Crippen LogP contribution is -2.42. The summed E-state index contributed by atoms with van der Waals surface area (Å²) >= 11 is 1.14. The number of aliphatic hydroxyl groups is 1. The number of rotatable bonds is 12. The molecule has 208 valence electrons. The van der Waals surface area contributed by atoms with Gasteiger partial charge in [0, 0.05) is 17.5 Å². The summed E-state index contributed by atoms with van der Waals surface area (Å²) in [6.07, 6.45) is 2.26. The van der Waals surface area contributed by atoms with Crippen molar-refractivity contribution in [1.82, 2.24) is 24.1 Å². The summed E-state index contributed by atoms with van der Waals surface area (Å²) in [5, 5.41) is 18.5. The molecular weight excluding hydrogens is 529 g/mol. The fourth-order valence-corrected chi connectivity index (χ4v) is 5.67. The zero-order valence-electron chi connectivity index (χ0n) is 22.1. The van der Waals surface area contributed by atoms with Crippen molar-refractivity contribution in [3.63, 3.8) is 0 Å². The van der Waals surface area contributed by atoms with E-state index in [0.29, 0.717) is 26.7 Å². The molecule has 0 fully saturated rings. The van der Waals surface area contributed by atoms with E-state index in [2.05, 4.69) is 10.2 Å². The molecule has 4 aromatic rings. The molecule has 3 heterocycles. The van der Waals surface area contributed by atoms with Gasteiger partial charge in [0.2, 0.25) is 0 Å². The minimum atomic E-state index is -0.935. The van der Waals surface area contributed by atoms with Crippen LogP contribution in [0.2, 0.25) is 0 Å². The smallest absolute Gasteiger partial charge is 0.332 e. The van der Waals surface area contributed by atoms with Crippen LogP contribution in [0, 0.1) is 18.7 Å². The van der Waals surface area contributed by atoms with Crippen molar-refractivity contribution in [3.8, 4) is 10.8 Å². The maximum atomic E-state index is 14.3. The van der Waals surface area contributed by atoms with Crippen LogP contribution in [0.25, 0.3) is 15.2 Å². The standard InChI is InChI=1S/C26H30FN5O6S/c1-15(2)11-18(34)13-30-23(35)22-16(3)24(32-28-7-8-29-32)39-25(22)31(26(30)36)14-21(38-10-9-33)19-12-17(27)5-6-20(19)37-4/h5-8,12,15,21,33H,9-11,13-14H2,1-4H3/t21-/m0/s1. The van der Waals surface area contributed by atoms with Gasteiger partial charge in [0.1, 0.15) is 27.5 Å². The molecule has 1 aromatic carbocycles. The summed E-state index contributed by atoms with van der Waals surface area (Å²) in [5.41, 5.74) is -0.432. The van der Waals surface area contributed by atoms with Gasteiger partial charge in [-0.15, -0.1) is 4.80 Å². The molecule has 0 aliphatic rings. The highest BCUT2D eigenvalue weighted by atomic mass is 32.1. The number of nitrogens with zero attached hydrogens (tertiary/aromatic N) is 5. The Morgan fingerprint density at radius 3 is 2.54 bits per heavy atom. The summed E-state index contributed by atoms with van der Waals surface area (Å²) in [7, 11) is 1.43. The number of carbonyl (C=O) groups is 1. The third kappa shape index (κ3) is 5.84. The molecule has 0 aliphatic carbocycles. The highest BCUT2D eigenvalue weighted by Crippen LogP contribution is 2.33. The number of benzene rings is 1. The van der Waals surface area contributed by atoms with Gasteiger partial charge >= 0.3 is 5.69 Å². The molecule has 13 heteroatoms. The van der Waals surface area contributed by atoms with Gasteiger partial charge in [0.05, 0.1) is 51.2 Å². The number of aliphatic hydroxyl groups excluding tert-OH is 1. The van der Waals surface area contributed by atoms with Crippen LogP contribution in [0.1, 0.15) is 37.5 Å². The minimum absolute atomic E-state index is 0.0521. The van der Waals surface area contributed by atoms with Gasteiger partial charge in [-0.2, -0.15) is 10.2 Å². The van der Waals surface area contributed by atoms with Gasteiger partial charge in [0.25, 0.3) is 5.56 Å². The number of ketones is 1. The lowest BCUT2D eigenvalue weighted by Gasteiger charge is -2.22. The number of aryl methyl sites for hydroxylation is 1. The van der Waals surface area contributed by atoms with E-state index >= 15 is 0 Å². The quantitative estimate of drug-likeness (QED) is 0.280. The molecule has 1 atom stereocenters. The molecule has 0 radical (unpaired) electrons. The molecule has 0 aliphatic heterocycles. The number of hydrogen-bond acceptors (Lipinski definition) is 9. The van der Waals surface area contributed by atoms with Crippen LogP contribution in [-0.2, 0) is 22.6 Å². The molecule has 3 aromatic heterocycles. The number of carbonyl (C=O) groups excluding carboxylic acids is 1. The summed E-state index contributed by atoms with van der Waals surface area (Å²) in [6, 6.07) is 3.92. The first-order valence-electron chi connectivity index (χ1n) is 12.4. The van der Waals surface area contributed by atoms with Crippen molar-refractivity contribution in [2.75, 3.05) is 20.3 Å². The average Bonchev–Trinajstić information content (AvgIpc) is 3.54. The Morgan fingerprint density at radius 2 is 1.90 bits per heavy atom. The first-order chi connectivity index (χ1) is 18.7. The fraction of sp³-hybridized carbons (Fsp3) is 0.423. The number of aromatic nitrogens is 5. The topological polar surface area (TPSA) is 130 Å². The predicted octanol–water partition coefficient (Wildman–Crippen LogP) is 2.63. The van der Waals surface area contributed by atoms with Gasteiger partial charge in [0.15, 0.2) is 5.78 Å². The summed E-state index contributed by atoms with van der Waals surface area (Å²) in [4.78, 5) is 41.9. The molecule has 0 amide bonds. The highest BCUT2D eigenvalue weighted by molar-refractivity contribution is 7.21. The van der Waals surface area contributed by atoms with Crippen LogP contribution >= 0.6 is 11.3 Å². The number of fused-ring (bicyclic) bond motifs is 1. The zero-order valence-corrected chi connectivity index (χ0v) is 22.9. The van der Waals surface area contributed by atoms with Crippen LogP contribution in [0.5, 0.6) is 5.75 Å². The van der Waals surface area contributed by atoms with E-state index < -0.39 is 23.2 Å². The van der Waals surface area contributed by atoms with Crippen molar-refractivity contribution in [1.29, 1.82) is 0 Å². The summed E-state index contributed by atoms with van der Waals surface area (Å²) < 4.78 is 27.8. The van der Waals surface area contributed by atoms with Gasteiger partial charge in [-0.25, -0.2) is 9.18 Å². The Kier molecular flexibility index (Phi) is 8.73. The van der Waals surface area contributed by atoms with Crippen molar-refractivity contribution in [3.05, 3.63) is 68.4 Å². The Balaban J connectivity index is 1.95. The molecule has 1 N–H and O–H groups in total. The van der Waals surface area contributed by atoms with Crippen LogP contribution in [0.4, 0.5) is 4.39 Å². The molecule has 0 saturated carbocycles. The van der Waals surface area contributed by atoms with E-state index in [1.807, 2.05) is 13.8 Å². The molecule has 0 unspecified atom stereocenters. The van der Waals surface area contributed by atoms with Crippen molar-refractivity contribution >= 4 is 27.3 Å². The first-order valence-corrected chi connectivity index (χ1v) is 13.2. The Labute approximate surface area is 227 Å². The molecule has 0 spiro atoms. The molecule has 4 rings (SSSR count). The summed E-state index contributed by atoms with van der Waals surface area (Å²) in [5.74, 6) is -0.412. The first kappa shape index (κ1) is 28.3. The van der Waals surface area contributed by atoms with E-state index in [1.165, 1.54) is 47.1 Å². The monoisotopic (exact) mass is 559 g/mol. The Bertz CT molecular complexity index is 1590. The maximum absolute atomic E-state index is 14.3. The average molecular weight is 560 g/mol. The van der Waals surface area contributed by atoms with Crippen LogP contribution in [0.15, 0.2) is 40.2 Å². The third-order valence-electron chi connectivity index (χ3n) is 6.14. The molecule has 39 heavy (non-hydrogen) atoms. The van der Waals surface area contributed by atoms with E-state index in [9.17, 15) is 23.9 Å². The van der Waals surface area contributed by atoms with Crippen LogP contribution in [0.3, 0.4) is 0 Å². The zero-order chi connectivity index (χ0) is 28.3. The molecule has 0 saturated heterocycles. The van der Waals surface area contributed by atoms with Gasteiger partial charge in [-0.05, 0) is 31.0 Å². The number of halogens is 1. The normalized spacial score (nSPS) is 12.4.